The van der Waals surface area contributed by atoms with Gasteiger partial charge in [-0.15, -0.1) is 11.3 Å². The van der Waals surface area contributed by atoms with Crippen LogP contribution < -0.4 is 11.1 Å². The Bertz CT molecular complexity index is 430. The number of carbonyl (C=O) groups is 2. The van der Waals surface area contributed by atoms with E-state index in [0.29, 0.717) is 12.5 Å². The zero-order valence-corrected chi connectivity index (χ0v) is 11.6. The van der Waals surface area contributed by atoms with Crippen LogP contribution in [-0.2, 0) is 11.3 Å². The lowest BCUT2D eigenvalue weighted by molar-refractivity contribution is -0.129. The van der Waals surface area contributed by atoms with E-state index in [4.69, 9.17) is 5.73 Å². The van der Waals surface area contributed by atoms with Gasteiger partial charge in [-0.1, -0.05) is 13.8 Å². The van der Waals surface area contributed by atoms with Crippen molar-refractivity contribution in [2.24, 2.45) is 5.73 Å². The molecule has 0 aliphatic rings. The van der Waals surface area contributed by atoms with Crippen molar-refractivity contribution in [3.63, 3.8) is 0 Å². The average Bonchev–Trinajstić information content (AvgIpc) is 2.74. The van der Waals surface area contributed by atoms with Gasteiger partial charge in [0.15, 0.2) is 0 Å². The Labute approximate surface area is 110 Å². The molecule has 0 saturated heterocycles. The lowest BCUT2D eigenvalue weighted by atomic mass is 10.2. The highest BCUT2D eigenvalue weighted by molar-refractivity contribution is 7.09. The Balaban J connectivity index is 2.50. The smallest absolute Gasteiger partial charge is 0.312 e. The fourth-order valence-corrected chi connectivity index (χ4v) is 2.12. The highest BCUT2D eigenvalue weighted by atomic mass is 32.1. The molecule has 1 aromatic heterocycles. The second-order valence-corrected chi connectivity index (χ2v) is 5.19. The number of hydrogen-bond acceptors (Lipinski definition) is 4. The van der Waals surface area contributed by atoms with Crippen LogP contribution in [0.15, 0.2) is 5.38 Å². The number of aromatic nitrogens is 1. The van der Waals surface area contributed by atoms with E-state index in [2.05, 4.69) is 24.1 Å². The van der Waals surface area contributed by atoms with Crippen LogP contribution in [-0.4, -0.2) is 35.4 Å². The average molecular weight is 270 g/mol. The summed E-state index contributed by atoms with van der Waals surface area (Å²) in [5, 5.41) is 5.27. The minimum Gasteiger partial charge on any atom is -0.352 e. The summed E-state index contributed by atoms with van der Waals surface area (Å²) in [6.45, 7) is 4.50. The number of nitrogens with zero attached hydrogens (tertiary/aromatic N) is 2. The van der Waals surface area contributed by atoms with Crippen LogP contribution in [0.25, 0.3) is 0 Å². The number of hydrogen-bond donors (Lipinski definition) is 2. The van der Waals surface area contributed by atoms with Gasteiger partial charge in [0.05, 0.1) is 23.8 Å². The zero-order chi connectivity index (χ0) is 13.7. The van der Waals surface area contributed by atoms with E-state index in [1.54, 1.807) is 18.4 Å². The molecule has 0 unspecified atom stereocenters. The number of primary amides is 1. The van der Waals surface area contributed by atoms with Gasteiger partial charge in [-0.3, -0.25) is 4.79 Å². The highest BCUT2D eigenvalue weighted by Crippen LogP contribution is 2.19. The molecule has 100 valence electrons. The van der Waals surface area contributed by atoms with Crippen molar-refractivity contribution >= 4 is 23.3 Å². The fourth-order valence-electron chi connectivity index (χ4n) is 1.29. The predicted octanol–water partition coefficient (Wildman–Crippen LogP) is 0.893. The van der Waals surface area contributed by atoms with E-state index < -0.39 is 6.03 Å². The van der Waals surface area contributed by atoms with Crippen molar-refractivity contribution in [1.82, 2.24) is 15.2 Å². The Morgan fingerprint density at radius 3 is 2.72 bits per heavy atom. The topological polar surface area (TPSA) is 88.3 Å². The number of amides is 3. The van der Waals surface area contributed by atoms with Crippen molar-refractivity contribution in [3.8, 4) is 0 Å². The Kier molecular flexibility index (Phi) is 5.08. The van der Waals surface area contributed by atoms with Crippen LogP contribution in [0.2, 0.25) is 0 Å². The van der Waals surface area contributed by atoms with Gasteiger partial charge in [-0.05, 0) is 0 Å². The van der Waals surface area contributed by atoms with Crippen LogP contribution in [0.3, 0.4) is 0 Å². The van der Waals surface area contributed by atoms with Gasteiger partial charge in [0, 0.05) is 18.3 Å². The molecule has 0 bridgehead atoms. The van der Waals surface area contributed by atoms with Crippen molar-refractivity contribution in [3.05, 3.63) is 16.1 Å². The van der Waals surface area contributed by atoms with Crippen molar-refractivity contribution in [2.45, 2.75) is 26.3 Å². The largest absolute Gasteiger partial charge is 0.352 e. The van der Waals surface area contributed by atoms with E-state index in [0.717, 1.165) is 10.7 Å². The molecular formula is C11H18N4O2S. The molecule has 1 aromatic rings. The molecule has 0 saturated carbocycles. The third kappa shape index (κ3) is 4.33. The van der Waals surface area contributed by atoms with Crippen LogP contribution >= 0.6 is 11.3 Å². The van der Waals surface area contributed by atoms with Gasteiger partial charge in [0.25, 0.3) is 0 Å². The molecule has 0 aliphatic heterocycles. The third-order valence-electron chi connectivity index (χ3n) is 2.30. The molecule has 6 nitrogen and oxygen atoms in total. The van der Waals surface area contributed by atoms with E-state index in [9.17, 15) is 9.59 Å². The van der Waals surface area contributed by atoms with E-state index in [-0.39, 0.29) is 12.5 Å². The first kappa shape index (κ1) is 14.4. The second kappa shape index (κ2) is 6.34. The maximum Gasteiger partial charge on any atom is 0.312 e. The van der Waals surface area contributed by atoms with Gasteiger partial charge < -0.3 is 16.0 Å². The standard InChI is InChI=1S/C11H18N4O2S/c1-7(2)10-14-8(6-18-10)5-15(3)9(16)4-13-11(12)17/h6-7H,4-5H2,1-3H3,(H3,12,13,17). The quantitative estimate of drug-likeness (QED) is 0.833. The van der Waals surface area contributed by atoms with Crippen molar-refractivity contribution in [2.75, 3.05) is 13.6 Å². The number of urea groups is 1. The summed E-state index contributed by atoms with van der Waals surface area (Å²) in [6.07, 6.45) is 0. The van der Waals surface area contributed by atoms with Crippen LogP contribution in [0.1, 0.15) is 30.5 Å². The number of rotatable bonds is 5. The summed E-state index contributed by atoms with van der Waals surface area (Å²) >= 11 is 1.59. The molecule has 18 heavy (non-hydrogen) atoms. The van der Waals surface area contributed by atoms with Crippen molar-refractivity contribution < 1.29 is 9.59 Å². The number of thiazole rings is 1. The van der Waals surface area contributed by atoms with Crippen LogP contribution in [0.4, 0.5) is 4.79 Å². The van der Waals surface area contributed by atoms with Gasteiger partial charge in [-0.2, -0.15) is 0 Å². The molecule has 1 heterocycles. The number of nitrogens with one attached hydrogen (secondary N) is 1. The second-order valence-electron chi connectivity index (χ2n) is 4.30. The first-order chi connectivity index (χ1) is 8.40. The molecule has 0 aliphatic carbocycles. The molecule has 0 radical (unpaired) electrons. The summed E-state index contributed by atoms with van der Waals surface area (Å²) in [5.41, 5.74) is 5.76. The lowest BCUT2D eigenvalue weighted by Gasteiger charge is -2.15. The third-order valence-corrected chi connectivity index (χ3v) is 3.50. The van der Waals surface area contributed by atoms with E-state index in [1.807, 2.05) is 5.38 Å². The zero-order valence-electron chi connectivity index (χ0n) is 10.8. The summed E-state index contributed by atoms with van der Waals surface area (Å²) in [6, 6.07) is -0.701. The van der Waals surface area contributed by atoms with Gasteiger partial charge in [-0.25, -0.2) is 9.78 Å². The maximum absolute atomic E-state index is 11.6. The molecule has 3 amide bonds. The van der Waals surface area contributed by atoms with Crippen LogP contribution in [0, 0.1) is 0 Å². The van der Waals surface area contributed by atoms with Gasteiger partial charge in [0.1, 0.15) is 0 Å². The Hall–Kier alpha value is -1.63. The van der Waals surface area contributed by atoms with E-state index in [1.165, 1.54) is 4.90 Å². The fraction of sp³-hybridized carbons (Fsp3) is 0.545. The normalized spacial score (nSPS) is 10.4. The maximum atomic E-state index is 11.6. The summed E-state index contributed by atoms with van der Waals surface area (Å²) < 4.78 is 0. The predicted molar refractivity (Wildman–Crippen MR) is 70.3 cm³/mol. The van der Waals surface area contributed by atoms with E-state index >= 15 is 0 Å². The molecular weight excluding hydrogens is 252 g/mol. The minimum atomic E-state index is -0.701. The first-order valence-electron chi connectivity index (χ1n) is 5.61. The lowest BCUT2D eigenvalue weighted by Crippen LogP contribution is -2.40. The SMILES string of the molecule is CC(C)c1nc(CN(C)C(=O)CNC(N)=O)cs1. The summed E-state index contributed by atoms with van der Waals surface area (Å²) in [4.78, 5) is 28.1. The Morgan fingerprint density at radius 2 is 2.22 bits per heavy atom. The number of likely N-dealkylation sites (N-methyl/N-ethyl adjacent to an activating group) is 1. The Morgan fingerprint density at radius 1 is 1.56 bits per heavy atom. The number of carbonyl (C=O) groups excluding carboxylic acids is 2. The van der Waals surface area contributed by atoms with Crippen LogP contribution in [0.5, 0.6) is 0 Å². The molecule has 0 spiro atoms. The first-order valence-corrected chi connectivity index (χ1v) is 6.49. The molecule has 1 rings (SSSR count). The highest BCUT2D eigenvalue weighted by Gasteiger charge is 2.12. The van der Waals surface area contributed by atoms with Crippen molar-refractivity contribution in [1.29, 1.82) is 0 Å². The summed E-state index contributed by atoms with van der Waals surface area (Å²) in [7, 11) is 1.67. The monoisotopic (exact) mass is 270 g/mol. The van der Waals surface area contributed by atoms with Gasteiger partial charge >= 0.3 is 6.03 Å². The molecule has 3 N–H and O–H groups in total. The molecule has 0 aromatic carbocycles. The summed E-state index contributed by atoms with van der Waals surface area (Å²) in [5.74, 6) is 0.189. The molecule has 0 atom stereocenters. The van der Waals surface area contributed by atoms with Gasteiger partial charge in [0.2, 0.25) is 5.91 Å². The minimum absolute atomic E-state index is 0.0903. The number of nitrogens with two attached hydrogens (primary N) is 1. The molecule has 0 fully saturated rings. The molecule has 7 heteroatoms.